The van der Waals surface area contributed by atoms with E-state index in [1.165, 1.54) is 18.4 Å². The van der Waals surface area contributed by atoms with Gasteiger partial charge in [0.25, 0.3) is 0 Å². The van der Waals surface area contributed by atoms with E-state index in [2.05, 4.69) is 35.2 Å². The third kappa shape index (κ3) is 7.65. The molecule has 0 bridgehead atoms. The SMILES string of the molecule is COc1cc(COc2cc(N)c(Cl)cc2CC(=O)CCCN2CCC(c3ccccc3)CC2)cc(OC)c1. The number of nitrogen functional groups attached to an aromatic ring is 1. The fourth-order valence-electron chi connectivity index (χ4n) is 5.01. The Bertz CT molecular complexity index is 1190. The zero-order chi connectivity index (χ0) is 26.9. The lowest BCUT2D eigenvalue weighted by Crippen LogP contribution is -2.33. The summed E-state index contributed by atoms with van der Waals surface area (Å²) in [6, 6.07) is 19.8. The first-order valence-corrected chi connectivity index (χ1v) is 13.5. The van der Waals surface area contributed by atoms with Crippen LogP contribution in [0.4, 0.5) is 5.69 Å². The number of carbonyl (C=O) groups is 1. The van der Waals surface area contributed by atoms with Gasteiger partial charge in [-0.2, -0.15) is 0 Å². The van der Waals surface area contributed by atoms with E-state index < -0.39 is 0 Å². The van der Waals surface area contributed by atoms with Gasteiger partial charge in [0.2, 0.25) is 0 Å². The van der Waals surface area contributed by atoms with Crippen molar-refractivity contribution in [3.63, 3.8) is 0 Å². The summed E-state index contributed by atoms with van der Waals surface area (Å²) in [5.74, 6) is 2.72. The van der Waals surface area contributed by atoms with E-state index in [0.29, 0.717) is 40.3 Å². The maximum absolute atomic E-state index is 12.9. The van der Waals surface area contributed by atoms with Crippen molar-refractivity contribution in [1.82, 2.24) is 4.90 Å². The van der Waals surface area contributed by atoms with Crippen LogP contribution in [0.2, 0.25) is 5.02 Å². The van der Waals surface area contributed by atoms with E-state index in [9.17, 15) is 4.79 Å². The highest BCUT2D eigenvalue weighted by atomic mass is 35.5. The van der Waals surface area contributed by atoms with Gasteiger partial charge in [0, 0.05) is 30.5 Å². The van der Waals surface area contributed by atoms with E-state index in [4.69, 9.17) is 31.5 Å². The molecule has 1 fully saturated rings. The molecule has 0 aliphatic carbocycles. The van der Waals surface area contributed by atoms with E-state index in [-0.39, 0.29) is 18.8 Å². The van der Waals surface area contributed by atoms with Gasteiger partial charge in [0.15, 0.2) is 0 Å². The molecule has 1 aliphatic heterocycles. The summed E-state index contributed by atoms with van der Waals surface area (Å²) in [6.45, 7) is 3.37. The molecule has 4 rings (SSSR count). The lowest BCUT2D eigenvalue weighted by molar-refractivity contribution is -0.118. The number of benzene rings is 3. The average Bonchev–Trinajstić information content (AvgIpc) is 2.94. The second-order valence-electron chi connectivity index (χ2n) is 9.84. The van der Waals surface area contributed by atoms with Crippen molar-refractivity contribution in [1.29, 1.82) is 0 Å². The molecule has 0 spiro atoms. The summed E-state index contributed by atoms with van der Waals surface area (Å²) in [5.41, 5.74) is 9.52. The molecule has 0 radical (unpaired) electrons. The number of likely N-dealkylation sites (tertiary alicyclic amines) is 1. The fraction of sp³-hybridized carbons (Fsp3) is 0.387. The smallest absolute Gasteiger partial charge is 0.137 e. The van der Waals surface area contributed by atoms with Crippen LogP contribution >= 0.6 is 11.6 Å². The summed E-state index contributed by atoms with van der Waals surface area (Å²) in [7, 11) is 3.21. The average molecular weight is 537 g/mol. The summed E-state index contributed by atoms with van der Waals surface area (Å²) in [4.78, 5) is 15.4. The molecule has 6 nitrogen and oxygen atoms in total. The number of rotatable bonds is 12. The topological polar surface area (TPSA) is 74.0 Å². The van der Waals surface area contributed by atoms with Gasteiger partial charge in [0.05, 0.1) is 24.9 Å². The minimum Gasteiger partial charge on any atom is -0.497 e. The third-order valence-electron chi connectivity index (χ3n) is 7.16. The zero-order valence-corrected chi connectivity index (χ0v) is 23.0. The van der Waals surface area contributed by atoms with Gasteiger partial charge in [0.1, 0.15) is 29.6 Å². The van der Waals surface area contributed by atoms with Gasteiger partial charge in [-0.15, -0.1) is 0 Å². The number of hydrogen-bond acceptors (Lipinski definition) is 6. The molecule has 0 amide bonds. The predicted octanol–water partition coefficient (Wildman–Crippen LogP) is 6.29. The number of halogens is 1. The second kappa shape index (κ2) is 13.5. The standard InChI is InChI=1S/C31H37ClN2O4/c1-36-27-15-22(16-28(19-27)37-2)21-38-31-20-30(33)29(32)18-25(31)17-26(35)9-6-12-34-13-10-24(11-14-34)23-7-4-3-5-8-23/h3-5,7-8,15-16,18-20,24H,6,9-14,17,21,33H2,1-2H3. The van der Waals surface area contributed by atoms with Crippen molar-refractivity contribution in [2.24, 2.45) is 0 Å². The van der Waals surface area contributed by atoms with Crippen molar-refractivity contribution in [3.05, 3.63) is 82.4 Å². The number of piperidine rings is 1. The number of anilines is 1. The Kier molecular flexibility index (Phi) is 9.91. The van der Waals surface area contributed by atoms with Crippen LogP contribution < -0.4 is 19.9 Å². The molecule has 1 saturated heterocycles. The molecule has 0 atom stereocenters. The molecule has 3 aromatic rings. The number of carbonyl (C=O) groups excluding carboxylic acids is 1. The quantitative estimate of drug-likeness (QED) is 0.274. The third-order valence-corrected chi connectivity index (χ3v) is 7.49. The van der Waals surface area contributed by atoms with Crippen molar-refractivity contribution in [3.8, 4) is 17.2 Å². The Morgan fingerprint density at radius 3 is 2.34 bits per heavy atom. The first kappa shape index (κ1) is 27.8. The van der Waals surface area contributed by atoms with E-state index >= 15 is 0 Å². The maximum atomic E-state index is 12.9. The Morgan fingerprint density at radius 2 is 1.68 bits per heavy atom. The number of nitrogens with two attached hydrogens (primary N) is 1. The lowest BCUT2D eigenvalue weighted by Gasteiger charge is -2.32. The summed E-state index contributed by atoms with van der Waals surface area (Å²) >= 11 is 6.30. The summed E-state index contributed by atoms with van der Waals surface area (Å²) < 4.78 is 16.8. The highest BCUT2D eigenvalue weighted by Crippen LogP contribution is 2.32. The first-order chi connectivity index (χ1) is 18.4. The molecule has 0 saturated carbocycles. The van der Waals surface area contributed by atoms with Crippen LogP contribution in [0, 0.1) is 0 Å². The van der Waals surface area contributed by atoms with Crippen molar-refractivity contribution < 1.29 is 19.0 Å². The minimum absolute atomic E-state index is 0.165. The minimum atomic E-state index is 0.165. The maximum Gasteiger partial charge on any atom is 0.137 e. The molecular formula is C31H37ClN2O4. The Labute approximate surface area is 230 Å². The molecular weight excluding hydrogens is 500 g/mol. The number of hydrogen-bond donors (Lipinski definition) is 1. The van der Waals surface area contributed by atoms with Crippen LogP contribution in [0.15, 0.2) is 60.7 Å². The van der Waals surface area contributed by atoms with Crippen LogP contribution in [0.25, 0.3) is 0 Å². The van der Waals surface area contributed by atoms with Crippen LogP contribution in [-0.4, -0.2) is 44.5 Å². The van der Waals surface area contributed by atoms with Gasteiger partial charge in [-0.05, 0) is 74.1 Å². The normalized spacial score (nSPS) is 14.3. The number of ether oxygens (including phenoxy) is 3. The molecule has 2 N–H and O–H groups in total. The lowest BCUT2D eigenvalue weighted by atomic mass is 9.89. The number of nitrogens with zero attached hydrogens (tertiary/aromatic N) is 1. The molecule has 1 aliphatic rings. The summed E-state index contributed by atoms with van der Waals surface area (Å²) in [5, 5.41) is 0.421. The van der Waals surface area contributed by atoms with Gasteiger partial charge >= 0.3 is 0 Å². The van der Waals surface area contributed by atoms with Crippen molar-refractivity contribution in [2.75, 3.05) is 39.6 Å². The summed E-state index contributed by atoms with van der Waals surface area (Å²) in [6.07, 6.45) is 3.96. The Morgan fingerprint density at radius 1 is 1.00 bits per heavy atom. The molecule has 0 aromatic heterocycles. The Hall–Kier alpha value is -3.22. The number of methoxy groups -OCH3 is 2. The second-order valence-corrected chi connectivity index (χ2v) is 10.2. The number of Topliss-reactive ketones (excluding diaryl/α,β-unsaturated/α-hetero) is 1. The van der Waals surface area contributed by atoms with Crippen LogP contribution in [-0.2, 0) is 17.8 Å². The van der Waals surface area contributed by atoms with Gasteiger partial charge in [-0.1, -0.05) is 41.9 Å². The molecule has 38 heavy (non-hydrogen) atoms. The van der Waals surface area contributed by atoms with E-state index in [1.807, 2.05) is 12.1 Å². The molecule has 0 unspecified atom stereocenters. The predicted molar refractivity (Wildman–Crippen MR) is 153 cm³/mol. The van der Waals surface area contributed by atoms with Crippen LogP contribution in [0.3, 0.4) is 0 Å². The van der Waals surface area contributed by atoms with Gasteiger partial charge < -0.3 is 24.8 Å². The highest BCUT2D eigenvalue weighted by molar-refractivity contribution is 6.33. The van der Waals surface area contributed by atoms with E-state index in [1.54, 1.807) is 32.4 Å². The molecule has 3 aromatic carbocycles. The Balaban J connectivity index is 1.29. The van der Waals surface area contributed by atoms with Crippen molar-refractivity contribution >= 4 is 23.1 Å². The van der Waals surface area contributed by atoms with Gasteiger partial charge in [-0.25, -0.2) is 0 Å². The van der Waals surface area contributed by atoms with Crippen LogP contribution in [0.1, 0.15) is 48.3 Å². The number of ketones is 1. The largest absolute Gasteiger partial charge is 0.497 e. The molecule has 7 heteroatoms. The van der Waals surface area contributed by atoms with E-state index in [0.717, 1.165) is 37.2 Å². The molecule has 1 heterocycles. The van der Waals surface area contributed by atoms with Gasteiger partial charge in [-0.3, -0.25) is 4.79 Å². The zero-order valence-electron chi connectivity index (χ0n) is 22.3. The molecule has 202 valence electrons. The first-order valence-electron chi connectivity index (χ1n) is 13.2. The van der Waals surface area contributed by atoms with Crippen molar-refractivity contribution in [2.45, 2.75) is 44.6 Å². The monoisotopic (exact) mass is 536 g/mol. The fourth-order valence-corrected chi connectivity index (χ4v) is 5.20. The van der Waals surface area contributed by atoms with Crippen LogP contribution in [0.5, 0.6) is 17.2 Å². The highest BCUT2D eigenvalue weighted by Gasteiger charge is 2.20.